The fourth-order valence-corrected chi connectivity index (χ4v) is 2.00. The van der Waals surface area contributed by atoms with Gasteiger partial charge in [0.15, 0.2) is 0 Å². The maximum atomic E-state index is 11.8. The molecule has 122 valence electrons. The van der Waals surface area contributed by atoms with Crippen molar-refractivity contribution in [3.63, 3.8) is 0 Å². The van der Waals surface area contributed by atoms with Crippen LogP contribution in [0.5, 0.6) is 0 Å². The summed E-state index contributed by atoms with van der Waals surface area (Å²) < 4.78 is 0. The lowest BCUT2D eigenvalue weighted by molar-refractivity contribution is 0.232. The lowest BCUT2D eigenvalue weighted by atomic mass is 10.1. The van der Waals surface area contributed by atoms with E-state index in [9.17, 15) is 4.79 Å². The molecule has 0 bridgehead atoms. The monoisotopic (exact) mass is 305 g/mol. The van der Waals surface area contributed by atoms with Crippen molar-refractivity contribution in [1.82, 2.24) is 15.5 Å². The van der Waals surface area contributed by atoms with Crippen LogP contribution in [0.25, 0.3) is 0 Å². The molecule has 0 spiro atoms. The number of hydrogen-bond donors (Lipinski definition) is 4. The van der Waals surface area contributed by atoms with Crippen LogP contribution in [0, 0.1) is 0 Å². The van der Waals surface area contributed by atoms with E-state index in [4.69, 9.17) is 11.5 Å². The van der Waals surface area contributed by atoms with E-state index in [2.05, 4.69) is 27.7 Å². The normalized spacial score (nSPS) is 13.0. The molecule has 6 nitrogen and oxygen atoms in total. The third-order valence-corrected chi connectivity index (χ3v) is 3.46. The SMILES string of the molecule is CN(C)C(CNC(=O)NCC/C(N)=C/N)Cc1ccccc1. The van der Waals surface area contributed by atoms with Crippen molar-refractivity contribution in [3.05, 3.63) is 47.8 Å². The van der Waals surface area contributed by atoms with Gasteiger partial charge in [-0.05, 0) is 26.1 Å². The minimum atomic E-state index is -0.190. The maximum Gasteiger partial charge on any atom is 0.314 e. The van der Waals surface area contributed by atoms with Crippen LogP contribution in [-0.4, -0.2) is 44.2 Å². The average molecular weight is 305 g/mol. The number of nitrogens with zero attached hydrogens (tertiary/aromatic N) is 1. The number of carbonyl (C=O) groups excluding carboxylic acids is 1. The van der Waals surface area contributed by atoms with Crippen LogP contribution < -0.4 is 22.1 Å². The summed E-state index contributed by atoms with van der Waals surface area (Å²) in [6.45, 7) is 1.05. The van der Waals surface area contributed by atoms with Crippen LogP contribution in [0.1, 0.15) is 12.0 Å². The van der Waals surface area contributed by atoms with Gasteiger partial charge in [0.25, 0.3) is 0 Å². The standard InChI is InChI=1S/C16H27N5O/c1-21(2)15(10-13-6-4-3-5-7-13)12-20-16(22)19-9-8-14(18)11-17/h3-7,11,15H,8-10,12,17-18H2,1-2H3,(H2,19,20,22)/b14-11-. The Kier molecular flexibility index (Phi) is 7.85. The Balaban J connectivity index is 2.36. The van der Waals surface area contributed by atoms with Crippen molar-refractivity contribution in [2.24, 2.45) is 11.5 Å². The summed E-state index contributed by atoms with van der Waals surface area (Å²) in [5, 5.41) is 5.65. The van der Waals surface area contributed by atoms with E-state index in [1.807, 2.05) is 32.3 Å². The molecule has 0 aromatic heterocycles. The van der Waals surface area contributed by atoms with Gasteiger partial charge in [0.05, 0.1) is 0 Å². The van der Waals surface area contributed by atoms with Crippen molar-refractivity contribution in [2.75, 3.05) is 27.2 Å². The molecule has 0 fully saturated rings. The van der Waals surface area contributed by atoms with Crippen LogP contribution in [-0.2, 0) is 6.42 Å². The lowest BCUT2D eigenvalue weighted by Gasteiger charge is -2.24. The van der Waals surface area contributed by atoms with Gasteiger partial charge in [-0.1, -0.05) is 30.3 Å². The zero-order valence-electron chi connectivity index (χ0n) is 13.4. The van der Waals surface area contributed by atoms with Gasteiger partial charge >= 0.3 is 6.03 Å². The average Bonchev–Trinajstić information content (AvgIpc) is 2.51. The van der Waals surface area contributed by atoms with Gasteiger partial charge in [-0.25, -0.2) is 4.79 Å². The minimum absolute atomic E-state index is 0.190. The van der Waals surface area contributed by atoms with E-state index in [0.717, 1.165) is 6.42 Å². The zero-order chi connectivity index (χ0) is 16.4. The summed E-state index contributed by atoms with van der Waals surface area (Å²) >= 11 is 0. The van der Waals surface area contributed by atoms with Gasteiger partial charge in [-0.3, -0.25) is 0 Å². The highest BCUT2D eigenvalue weighted by molar-refractivity contribution is 5.73. The molecule has 0 radical (unpaired) electrons. The number of nitrogens with one attached hydrogen (secondary N) is 2. The van der Waals surface area contributed by atoms with Crippen molar-refractivity contribution in [2.45, 2.75) is 18.9 Å². The highest BCUT2D eigenvalue weighted by Crippen LogP contribution is 2.06. The van der Waals surface area contributed by atoms with Crippen LogP contribution in [0.3, 0.4) is 0 Å². The predicted octanol–water partition coefficient (Wildman–Crippen LogP) is 0.607. The fraction of sp³-hybridized carbons (Fsp3) is 0.438. The largest absolute Gasteiger partial charge is 0.403 e. The van der Waals surface area contributed by atoms with Gasteiger partial charge in [0.2, 0.25) is 0 Å². The van der Waals surface area contributed by atoms with Crippen LogP contribution in [0.2, 0.25) is 0 Å². The van der Waals surface area contributed by atoms with E-state index in [-0.39, 0.29) is 12.1 Å². The Bertz CT molecular complexity index is 473. The Labute approximate surface area is 132 Å². The first-order valence-corrected chi connectivity index (χ1v) is 7.41. The molecular formula is C16H27N5O. The van der Waals surface area contributed by atoms with Crippen LogP contribution >= 0.6 is 0 Å². The van der Waals surface area contributed by atoms with E-state index in [1.165, 1.54) is 11.8 Å². The van der Waals surface area contributed by atoms with Gasteiger partial charge in [-0.2, -0.15) is 0 Å². The molecule has 0 aliphatic carbocycles. The topological polar surface area (TPSA) is 96.4 Å². The Hall–Kier alpha value is -2.21. The molecule has 2 amide bonds. The second kappa shape index (κ2) is 9.68. The Morgan fingerprint density at radius 3 is 2.55 bits per heavy atom. The van der Waals surface area contributed by atoms with E-state index in [0.29, 0.717) is 25.2 Å². The molecule has 6 heteroatoms. The first-order chi connectivity index (χ1) is 10.5. The first kappa shape index (κ1) is 17.8. The summed E-state index contributed by atoms with van der Waals surface area (Å²) in [5.74, 6) is 0. The molecule has 0 aliphatic rings. The number of urea groups is 1. The third kappa shape index (κ3) is 6.99. The Morgan fingerprint density at radius 2 is 1.95 bits per heavy atom. The molecular weight excluding hydrogens is 278 g/mol. The molecule has 6 N–H and O–H groups in total. The van der Waals surface area contributed by atoms with Crippen LogP contribution in [0.4, 0.5) is 4.79 Å². The number of nitrogens with two attached hydrogens (primary N) is 2. The molecule has 0 saturated heterocycles. The summed E-state index contributed by atoms with van der Waals surface area (Å²) in [4.78, 5) is 13.9. The van der Waals surface area contributed by atoms with Crippen molar-refractivity contribution < 1.29 is 4.79 Å². The summed E-state index contributed by atoms with van der Waals surface area (Å²) in [6, 6.07) is 10.3. The molecule has 1 rings (SSSR count). The minimum Gasteiger partial charge on any atom is -0.403 e. The number of benzene rings is 1. The van der Waals surface area contributed by atoms with E-state index >= 15 is 0 Å². The fourth-order valence-electron chi connectivity index (χ4n) is 2.00. The zero-order valence-corrected chi connectivity index (χ0v) is 13.4. The molecule has 22 heavy (non-hydrogen) atoms. The van der Waals surface area contributed by atoms with Gasteiger partial charge < -0.3 is 27.0 Å². The predicted molar refractivity (Wildman–Crippen MR) is 90.1 cm³/mol. The lowest BCUT2D eigenvalue weighted by Crippen LogP contribution is -2.45. The molecule has 0 saturated carbocycles. The molecule has 1 aromatic rings. The van der Waals surface area contributed by atoms with E-state index in [1.54, 1.807) is 0 Å². The second-order valence-electron chi connectivity index (χ2n) is 5.44. The first-order valence-electron chi connectivity index (χ1n) is 7.41. The van der Waals surface area contributed by atoms with Crippen molar-refractivity contribution in [3.8, 4) is 0 Å². The van der Waals surface area contributed by atoms with Crippen molar-refractivity contribution in [1.29, 1.82) is 0 Å². The van der Waals surface area contributed by atoms with E-state index < -0.39 is 0 Å². The molecule has 1 atom stereocenters. The molecule has 1 unspecified atom stereocenters. The van der Waals surface area contributed by atoms with Gasteiger partial charge in [0, 0.05) is 37.4 Å². The number of amides is 2. The number of likely N-dealkylation sites (N-methyl/N-ethyl adjacent to an activating group) is 1. The summed E-state index contributed by atoms with van der Waals surface area (Å²) in [6.07, 6.45) is 2.78. The quantitative estimate of drug-likeness (QED) is 0.566. The van der Waals surface area contributed by atoms with Crippen molar-refractivity contribution >= 4 is 6.03 Å². The third-order valence-electron chi connectivity index (χ3n) is 3.46. The summed E-state index contributed by atoms with van der Waals surface area (Å²) in [7, 11) is 4.03. The number of rotatable bonds is 8. The van der Waals surface area contributed by atoms with Gasteiger partial charge in [-0.15, -0.1) is 0 Å². The highest BCUT2D eigenvalue weighted by atomic mass is 16.2. The molecule has 1 aromatic carbocycles. The number of carbonyl (C=O) groups is 1. The van der Waals surface area contributed by atoms with Crippen LogP contribution in [0.15, 0.2) is 42.2 Å². The van der Waals surface area contributed by atoms with Gasteiger partial charge in [0.1, 0.15) is 0 Å². The molecule has 0 aliphatic heterocycles. The molecule has 0 heterocycles. The summed E-state index contributed by atoms with van der Waals surface area (Å²) in [5.41, 5.74) is 12.7. The smallest absolute Gasteiger partial charge is 0.314 e. The number of hydrogen-bond acceptors (Lipinski definition) is 4. The maximum absolute atomic E-state index is 11.8. The second-order valence-corrected chi connectivity index (χ2v) is 5.44. The Morgan fingerprint density at radius 1 is 1.27 bits per heavy atom. The highest BCUT2D eigenvalue weighted by Gasteiger charge is 2.13.